The molecule has 1 aromatic heterocycles. The number of thioether (sulfide) groups is 1. The number of carbonyl (C=O) groups is 2. The van der Waals surface area contributed by atoms with Crippen LogP contribution in [0.1, 0.15) is 19.0 Å². The number of nitrogens with zero attached hydrogens (tertiary/aromatic N) is 2. The van der Waals surface area contributed by atoms with Crippen LogP contribution in [0.2, 0.25) is 0 Å². The quantitative estimate of drug-likeness (QED) is 0.903. The Hall–Kier alpha value is -1.51. The van der Waals surface area contributed by atoms with E-state index in [0.717, 1.165) is 22.7 Å². The van der Waals surface area contributed by atoms with Crippen molar-refractivity contribution in [3.8, 4) is 0 Å². The Morgan fingerprint density at radius 1 is 1.58 bits per heavy atom. The van der Waals surface area contributed by atoms with E-state index in [1.807, 2.05) is 5.10 Å². The molecule has 19 heavy (non-hydrogen) atoms. The SMILES string of the molecule is CC(=O)SC1CC(=O)N(c2cc(C(F)(F)F)[nH]n2)C1. The minimum absolute atomic E-state index is 0.0658. The van der Waals surface area contributed by atoms with Gasteiger partial charge >= 0.3 is 6.18 Å². The Kier molecular flexibility index (Phi) is 3.57. The summed E-state index contributed by atoms with van der Waals surface area (Å²) < 4.78 is 37.2. The van der Waals surface area contributed by atoms with Crippen molar-refractivity contribution < 1.29 is 22.8 Å². The zero-order valence-electron chi connectivity index (χ0n) is 9.82. The molecule has 1 amide bonds. The van der Waals surface area contributed by atoms with Crippen molar-refractivity contribution >= 4 is 28.6 Å². The minimum atomic E-state index is -4.53. The lowest BCUT2D eigenvalue weighted by molar-refractivity contribution is -0.141. The highest BCUT2D eigenvalue weighted by Crippen LogP contribution is 2.32. The van der Waals surface area contributed by atoms with Crippen molar-refractivity contribution in [1.82, 2.24) is 10.2 Å². The first-order valence-electron chi connectivity index (χ1n) is 5.37. The highest BCUT2D eigenvalue weighted by molar-refractivity contribution is 8.14. The first-order chi connectivity index (χ1) is 8.77. The molecule has 1 saturated heterocycles. The summed E-state index contributed by atoms with van der Waals surface area (Å²) in [6.45, 7) is 1.57. The second-order valence-corrected chi connectivity index (χ2v) is 5.55. The van der Waals surface area contributed by atoms with Crippen LogP contribution < -0.4 is 4.90 Å². The number of aromatic amines is 1. The van der Waals surface area contributed by atoms with Crippen molar-refractivity contribution in [2.75, 3.05) is 11.4 Å². The van der Waals surface area contributed by atoms with E-state index in [1.54, 1.807) is 0 Å². The number of hydrogen-bond donors (Lipinski definition) is 1. The number of amides is 1. The number of alkyl halides is 3. The molecule has 1 atom stereocenters. The van der Waals surface area contributed by atoms with Crippen LogP contribution in [-0.4, -0.2) is 33.0 Å². The molecular formula is C10H10F3N3O2S. The topological polar surface area (TPSA) is 66.1 Å². The second-order valence-electron chi connectivity index (χ2n) is 4.08. The van der Waals surface area contributed by atoms with Gasteiger partial charge in [-0.3, -0.25) is 19.6 Å². The van der Waals surface area contributed by atoms with E-state index in [4.69, 9.17) is 0 Å². The summed E-state index contributed by atoms with van der Waals surface area (Å²) in [6.07, 6.45) is -4.40. The maximum Gasteiger partial charge on any atom is 0.432 e. The fraction of sp³-hybridized carbons (Fsp3) is 0.500. The lowest BCUT2D eigenvalue weighted by atomic mass is 10.4. The molecule has 0 spiro atoms. The molecule has 1 aliphatic rings. The van der Waals surface area contributed by atoms with Gasteiger partial charge in [-0.05, 0) is 0 Å². The zero-order chi connectivity index (χ0) is 14.2. The van der Waals surface area contributed by atoms with E-state index in [-0.39, 0.29) is 35.1 Å². The van der Waals surface area contributed by atoms with Crippen LogP contribution in [0.4, 0.5) is 19.0 Å². The minimum Gasteiger partial charge on any atom is -0.294 e. The summed E-state index contributed by atoms with van der Waals surface area (Å²) in [7, 11) is 0. The normalized spacial score (nSPS) is 20.1. The number of nitrogens with one attached hydrogen (secondary N) is 1. The standard InChI is InChI=1S/C10H10F3N3O2S/c1-5(17)19-6-2-9(18)16(4-6)8-3-7(14-15-8)10(11,12)13/h3,6H,2,4H2,1H3,(H,14,15). The number of anilines is 1. The van der Waals surface area contributed by atoms with Gasteiger partial charge in [0.25, 0.3) is 0 Å². The van der Waals surface area contributed by atoms with Crippen LogP contribution in [0.3, 0.4) is 0 Å². The van der Waals surface area contributed by atoms with Gasteiger partial charge in [0.2, 0.25) is 5.91 Å². The molecule has 1 aliphatic heterocycles. The third-order valence-electron chi connectivity index (χ3n) is 2.57. The van der Waals surface area contributed by atoms with Gasteiger partial charge in [0.15, 0.2) is 10.9 Å². The number of hydrogen-bond acceptors (Lipinski definition) is 4. The third kappa shape index (κ3) is 3.09. The van der Waals surface area contributed by atoms with Crippen molar-refractivity contribution in [1.29, 1.82) is 0 Å². The summed E-state index contributed by atoms with van der Waals surface area (Å²) in [5.74, 6) is -0.400. The largest absolute Gasteiger partial charge is 0.432 e. The van der Waals surface area contributed by atoms with Crippen LogP contribution in [0, 0.1) is 0 Å². The first-order valence-corrected chi connectivity index (χ1v) is 6.25. The molecule has 1 unspecified atom stereocenters. The van der Waals surface area contributed by atoms with E-state index in [0.29, 0.717) is 0 Å². The van der Waals surface area contributed by atoms with E-state index in [9.17, 15) is 22.8 Å². The highest BCUT2D eigenvalue weighted by Gasteiger charge is 2.37. The van der Waals surface area contributed by atoms with Crippen molar-refractivity contribution in [3.05, 3.63) is 11.8 Å². The maximum atomic E-state index is 12.4. The van der Waals surface area contributed by atoms with Gasteiger partial charge in [-0.25, -0.2) is 0 Å². The summed E-state index contributed by atoms with van der Waals surface area (Å²) in [5, 5.41) is 4.98. The van der Waals surface area contributed by atoms with Crippen molar-refractivity contribution in [2.45, 2.75) is 24.8 Å². The average Bonchev–Trinajstić information content (AvgIpc) is 2.82. The third-order valence-corrected chi connectivity index (χ3v) is 3.55. The summed E-state index contributed by atoms with van der Waals surface area (Å²) >= 11 is 1.01. The number of carbonyl (C=O) groups excluding carboxylic acids is 2. The van der Waals surface area contributed by atoms with Crippen LogP contribution in [0.15, 0.2) is 6.07 Å². The van der Waals surface area contributed by atoms with E-state index < -0.39 is 11.9 Å². The van der Waals surface area contributed by atoms with Crippen molar-refractivity contribution in [3.63, 3.8) is 0 Å². The predicted molar refractivity (Wildman–Crippen MR) is 62.6 cm³/mol. The maximum absolute atomic E-state index is 12.4. The molecule has 1 N–H and O–H groups in total. The van der Waals surface area contributed by atoms with Gasteiger partial charge < -0.3 is 0 Å². The fourth-order valence-corrected chi connectivity index (χ4v) is 2.72. The number of H-pyrrole nitrogens is 1. The molecular weight excluding hydrogens is 283 g/mol. The molecule has 104 valence electrons. The molecule has 9 heteroatoms. The Balaban J connectivity index is 2.12. The van der Waals surface area contributed by atoms with Gasteiger partial charge in [-0.2, -0.15) is 18.3 Å². The van der Waals surface area contributed by atoms with Crippen LogP contribution in [0.25, 0.3) is 0 Å². The molecule has 0 saturated carbocycles. The van der Waals surface area contributed by atoms with Gasteiger partial charge in [-0.1, -0.05) is 11.8 Å². The highest BCUT2D eigenvalue weighted by atomic mass is 32.2. The lowest BCUT2D eigenvalue weighted by Crippen LogP contribution is -2.25. The molecule has 0 bridgehead atoms. The van der Waals surface area contributed by atoms with Gasteiger partial charge in [0, 0.05) is 31.2 Å². The monoisotopic (exact) mass is 293 g/mol. The zero-order valence-corrected chi connectivity index (χ0v) is 10.6. The smallest absolute Gasteiger partial charge is 0.294 e. The van der Waals surface area contributed by atoms with E-state index in [1.165, 1.54) is 6.92 Å². The lowest BCUT2D eigenvalue weighted by Gasteiger charge is -2.12. The predicted octanol–water partition coefficient (Wildman–Crippen LogP) is 1.81. The molecule has 0 aliphatic carbocycles. The Morgan fingerprint density at radius 3 is 2.79 bits per heavy atom. The first kappa shape index (κ1) is 13.9. The molecule has 2 heterocycles. The Bertz CT molecular complexity index is 514. The average molecular weight is 293 g/mol. The van der Waals surface area contributed by atoms with E-state index >= 15 is 0 Å². The number of aromatic nitrogens is 2. The van der Waals surface area contributed by atoms with Gasteiger partial charge in [0.05, 0.1) is 0 Å². The Morgan fingerprint density at radius 2 is 2.26 bits per heavy atom. The van der Waals surface area contributed by atoms with Gasteiger partial charge in [-0.15, -0.1) is 0 Å². The molecule has 0 aromatic carbocycles. The van der Waals surface area contributed by atoms with Crippen LogP contribution in [0.5, 0.6) is 0 Å². The van der Waals surface area contributed by atoms with Crippen LogP contribution >= 0.6 is 11.8 Å². The second kappa shape index (κ2) is 4.87. The van der Waals surface area contributed by atoms with Gasteiger partial charge in [0.1, 0.15) is 5.69 Å². The number of rotatable bonds is 2. The molecule has 1 fully saturated rings. The molecule has 2 rings (SSSR count). The summed E-state index contributed by atoms with van der Waals surface area (Å²) in [5.41, 5.74) is -1.00. The number of halogens is 3. The van der Waals surface area contributed by atoms with E-state index in [2.05, 4.69) is 5.10 Å². The fourth-order valence-electron chi connectivity index (χ4n) is 1.80. The van der Waals surface area contributed by atoms with Crippen LogP contribution in [-0.2, 0) is 15.8 Å². The Labute approximate surface area is 110 Å². The summed E-state index contributed by atoms with van der Waals surface area (Å²) in [4.78, 5) is 23.8. The molecule has 0 radical (unpaired) electrons. The molecule has 1 aromatic rings. The van der Waals surface area contributed by atoms with Crippen molar-refractivity contribution in [2.24, 2.45) is 0 Å². The summed E-state index contributed by atoms with van der Waals surface area (Å²) in [6, 6.07) is 0.790. The molecule has 5 nitrogen and oxygen atoms in total.